The molecule has 1 aromatic carbocycles. The van der Waals surface area contributed by atoms with Gasteiger partial charge in [0.2, 0.25) is 0 Å². The summed E-state index contributed by atoms with van der Waals surface area (Å²) in [5, 5.41) is 18.5. The van der Waals surface area contributed by atoms with E-state index in [2.05, 4.69) is 0 Å². The second kappa shape index (κ2) is 5.21. The summed E-state index contributed by atoms with van der Waals surface area (Å²) < 4.78 is 0. The number of hydrogen-bond donors (Lipinski definition) is 2. The third kappa shape index (κ3) is 2.30. The van der Waals surface area contributed by atoms with E-state index in [9.17, 15) is 19.8 Å². The van der Waals surface area contributed by atoms with Crippen LogP contribution in [-0.4, -0.2) is 22.2 Å². The fourth-order valence-corrected chi connectivity index (χ4v) is 2.38. The molecule has 0 radical (unpaired) electrons. The van der Waals surface area contributed by atoms with E-state index in [1.165, 1.54) is 0 Å². The molecule has 1 aliphatic rings. The Morgan fingerprint density at radius 1 is 0.950 bits per heavy atom. The number of para-hydroxylation sites is 1. The van der Waals surface area contributed by atoms with Crippen LogP contribution in [0.15, 0.2) is 52.9 Å². The van der Waals surface area contributed by atoms with Crippen molar-refractivity contribution in [3.63, 3.8) is 0 Å². The zero-order valence-electron chi connectivity index (χ0n) is 11.3. The van der Waals surface area contributed by atoms with Gasteiger partial charge < -0.3 is 15.1 Å². The summed E-state index contributed by atoms with van der Waals surface area (Å²) in [6, 6.07) is 9.13. The van der Waals surface area contributed by atoms with Crippen LogP contribution in [0.3, 0.4) is 0 Å². The summed E-state index contributed by atoms with van der Waals surface area (Å²) in [4.78, 5) is 24.3. The predicted octanol–water partition coefficient (Wildman–Crippen LogP) is 2.61. The predicted molar refractivity (Wildman–Crippen MR) is 74.2 cm³/mol. The average Bonchev–Trinajstić information content (AvgIpc) is 2.39. The first-order valence-corrected chi connectivity index (χ1v) is 6.14. The maximum absolute atomic E-state index is 11.3. The fraction of sp³-hybridized carbons (Fsp3) is 0.200. The van der Waals surface area contributed by atoms with E-state index in [1.807, 2.05) is 30.3 Å². The Labute approximate surface area is 116 Å². The van der Waals surface area contributed by atoms with Gasteiger partial charge in [-0.1, -0.05) is 18.2 Å². The molecular formula is C15H15NO4. The minimum absolute atomic E-state index is 0.0638. The normalized spacial score (nSPS) is 15.6. The van der Waals surface area contributed by atoms with Crippen LogP contribution in [0.5, 0.6) is 0 Å². The average molecular weight is 273 g/mol. The van der Waals surface area contributed by atoms with Gasteiger partial charge in [-0.15, -0.1) is 0 Å². The lowest BCUT2D eigenvalue weighted by Gasteiger charge is -2.32. The lowest BCUT2D eigenvalue weighted by atomic mass is 9.96. The maximum Gasteiger partial charge on any atom is 0.333 e. The van der Waals surface area contributed by atoms with Gasteiger partial charge in [-0.3, -0.25) is 0 Å². The number of carboxylic acids is 2. The summed E-state index contributed by atoms with van der Waals surface area (Å²) in [5.41, 5.74) is 2.06. The van der Waals surface area contributed by atoms with Crippen LogP contribution >= 0.6 is 0 Å². The largest absolute Gasteiger partial charge is 0.478 e. The molecule has 1 heterocycles. The minimum atomic E-state index is -1.09. The van der Waals surface area contributed by atoms with E-state index in [1.54, 1.807) is 18.7 Å². The van der Waals surface area contributed by atoms with Crippen molar-refractivity contribution >= 4 is 17.6 Å². The Morgan fingerprint density at radius 3 is 1.80 bits per heavy atom. The Morgan fingerprint density at radius 2 is 1.40 bits per heavy atom. The highest BCUT2D eigenvalue weighted by Gasteiger charge is 2.30. The van der Waals surface area contributed by atoms with Crippen LogP contribution in [0.4, 0.5) is 5.69 Å². The summed E-state index contributed by atoms with van der Waals surface area (Å²) in [7, 11) is 0. The second-order valence-electron chi connectivity index (χ2n) is 4.59. The van der Waals surface area contributed by atoms with E-state index in [4.69, 9.17) is 0 Å². The fourth-order valence-electron chi connectivity index (χ4n) is 2.38. The summed E-state index contributed by atoms with van der Waals surface area (Å²) in [5.74, 6) is -2.18. The number of anilines is 1. The molecule has 0 amide bonds. The standard InChI is InChI=1S/C15H15NO4/c1-9-12(14(17)18)8-13(15(19)20)10(2)16(9)11-6-4-3-5-7-11/h3-7H,8H2,1-2H3,(H,17,18)(H,19,20). The molecule has 5 nitrogen and oxygen atoms in total. The molecule has 0 saturated heterocycles. The number of benzene rings is 1. The van der Waals surface area contributed by atoms with Crippen molar-refractivity contribution in [3.05, 3.63) is 52.9 Å². The zero-order chi connectivity index (χ0) is 14.9. The monoisotopic (exact) mass is 273 g/mol. The Bertz CT molecular complexity index is 593. The van der Waals surface area contributed by atoms with E-state index < -0.39 is 11.9 Å². The Hall–Kier alpha value is -2.56. The molecule has 2 rings (SSSR count). The molecule has 1 aliphatic heterocycles. The first-order valence-electron chi connectivity index (χ1n) is 6.14. The molecule has 20 heavy (non-hydrogen) atoms. The highest BCUT2D eigenvalue weighted by atomic mass is 16.4. The quantitative estimate of drug-likeness (QED) is 0.885. The van der Waals surface area contributed by atoms with Crippen LogP contribution in [0.2, 0.25) is 0 Å². The second-order valence-corrected chi connectivity index (χ2v) is 4.59. The SMILES string of the molecule is CC1=C(C(=O)O)CC(C(=O)O)=C(C)N1c1ccccc1. The number of aliphatic carboxylic acids is 2. The molecule has 0 fully saturated rings. The van der Waals surface area contributed by atoms with Crippen molar-refractivity contribution in [1.82, 2.24) is 0 Å². The van der Waals surface area contributed by atoms with Gasteiger partial charge in [0.1, 0.15) is 0 Å². The van der Waals surface area contributed by atoms with Crippen molar-refractivity contribution in [2.24, 2.45) is 0 Å². The van der Waals surface area contributed by atoms with Crippen molar-refractivity contribution in [1.29, 1.82) is 0 Å². The maximum atomic E-state index is 11.3. The van der Waals surface area contributed by atoms with Crippen LogP contribution in [0.25, 0.3) is 0 Å². The Kier molecular flexibility index (Phi) is 3.61. The van der Waals surface area contributed by atoms with Crippen LogP contribution in [0.1, 0.15) is 20.3 Å². The van der Waals surface area contributed by atoms with Crippen molar-refractivity contribution in [3.8, 4) is 0 Å². The van der Waals surface area contributed by atoms with Crippen molar-refractivity contribution in [2.75, 3.05) is 4.90 Å². The van der Waals surface area contributed by atoms with Gasteiger partial charge >= 0.3 is 11.9 Å². The molecule has 0 atom stereocenters. The zero-order valence-corrected chi connectivity index (χ0v) is 11.3. The highest BCUT2D eigenvalue weighted by molar-refractivity contribution is 5.97. The molecule has 0 aromatic heterocycles. The van der Waals surface area contributed by atoms with Crippen molar-refractivity contribution in [2.45, 2.75) is 20.3 Å². The van der Waals surface area contributed by atoms with Crippen molar-refractivity contribution < 1.29 is 19.8 Å². The molecule has 0 spiro atoms. The molecule has 0 bridgehead atoms. The van der Waals surface area contributed by atoms with E-state index in [-0.39, 0.29) is 17.6 Å². The molecule has 2 N–H and O–H groups in total. The number of carboxylic acid groups (broad SMARTS) is 2. The highest BCUT2D eigenvalue weighted by Crippen LogP contribution is 2.34. The van der Waals surface area contributed by atoms with Crippen LogP contribution in [-0.2, 0) is 9.59 Å². The van der Waals surface area contributed by atoms with Gasteiger partial charge in [0.15, 0.2) is 0 Å². The minimum Gasteiger partial charge on any atom is -0.478 e. The molecule has 0 unspecified atom stereocenters. The topological polar surface area (TPSA) is 77.8 Å². The van der Waals surface area contributed by atoms with E-state index in [0.717, 1.165) is 5.69 Å². The van der Waals surface area contributed by atoms with Gasteiger partial charge in [0.05, 0.1) is 11.1 Å². The molecule has 0 saturated carbocycles. The van der Waals surface area contributed by atoms with E-state index in [0.29, 0.717) is 11.4 Å². The number of allylic oxidation sites excluding steroid dienone is 2. The molecule has 1 aromatic rings. The molecule has 0 aliphatic carbocycles. The number of carbonyl (C=O) groups is 2. The van der Waals surface area contributed by atoms with Gasteiger partial charge in [0, 0.05) is 23.5 Å². The third-order valence-corrected chi connectivity index (χ3v) is 3.43. The lowest BCUT2D eigenvalue weighted by molar-refractivity contribution is -0.133. The number of hydrogen-bond acceptors (Lipinski definition) is 3. The summed E-state index contributed by atoms with van der Waals surface area (Å²) in [6.45, 7) is 3.39. The smallest absolute Gasteiger partial charge is 0.333 e. The first kappa shape index (κ1) is 13.9. The third-order valence-electron chi connectivity index (χ3n) is 3.43. The molecule has 5 heteroatoms. The molecule has 104 valence electrons. The summed E-state index contributed by atoms with van der Waals surface area (Å²) in [6.07, 6.45) is -0.0638. The van der Waals surface area contributed by atoms with Gasteiger partial charge in [0.25, 0.3) is 0 Å². The lowest BCUT2D eigenvalue weighted by Crippen LogP contribution is -2.29. The van der Waals surface area contributed by atoms with E-state index >= 15 is 0 Å². The van der Waals surface area contributed by atoms with Gasteiger partial charge in [-0.2, -0.15) is 0 Å². The summed E-state index contributed by atoms with van der Waals surface area (Å²) >= 11 is 0. The number of nitrogens with zero attached hydrogens (tertiary/aromatic N) is 1. The van der Waals surface area contributed by atoms with Crippen LogP contribution in [0, 0.1) is 0 Å². The van der Waals surface area contributed by atoms with Gasteiger partial charge in [-0.25, -0.2) is 9.59 Å². The van der Waals surface area contributed by atoms with Crippen LogP contribution < -0.4 is 4.90 Å². The number of rotatable bonds is 3. The molecular weight excluding hydrogens is 258 g/mol. The Balaban J connectivity index is 2.62. The van der Waals surface area contributed by atoms with Gasteiger partial charge in [-0.05, 0) is 26.0 Å². The first-order chi connectivity index (χ1) is 9.43.